The number of rotatable bonds is 5. The summed E-state index contributed by atoms with van der Waals surface area (Å²) in [5, 5.41) is 2.55. The normalized spacial score (nSPS) is 11.0. The Hall–Kier alpha value is -2.10. The van der Waals surface area contributed by atoms with E-state index >= 15 is 0 Å². The van der Waals surface area contributed by atoms with Gasteiger partial charge in [-0.2, -0.15) is 13.2 Å². The minimum atomic E-state index is -4.69. The third-order valence-corrected chi connectivity index (χ3v) is 1.99. The number of hydrogen-bond donors (Lipinski definition) is 3. The summed E-state index contributed by atoms with van der Waals surface area (Å²) < 4.78 is 41.9. The molecule has 0 fully saturated rings. The monoisotopic (exact) mass is 279 g/mol. The van der Waals surface area contributed by atoms with E-state index in [0.29, 0.717) is 0 Å². The highest BCUT2D eigenvalue weighted by atomic mass is 19.4. The minimum absolute atomic E-state index is 0.00671. The van der Waals surface area contributed by atoms with E-state index in [1.165, 1.54) is 13.2 Å². The number of alkyl halides is 3. The van der Waals surface area contributed by atoms with Gasteiger partial charge in [0.15, 0.2) is 0 Å². The third kappa shape index (κ3) is 4.58. The van der Waals surface area contributed by atoms with Gasteiger partial charge >= 0.3 is 12.1 Å². The maximum atomic E-state index is 12.5. The van der Waals surface area contributed by atoms with Crippen LogP contribution in [0.2, 0.25) is 0 Å². The van der Waals surface area contributed by atoms with Crippen LogP contribution in [-0.2, 0) is 15.7 Å². The Kier molecular flexibility index (Phi) is 4.87. The summed E-state index contributed by atoms with van der Waals surface area (Å²) in [6.07, 6.45) is -4.70. The van der Waals surface area contributed by atoms with E-state index in [2.05, 4.69) is 20.0 Å². The van der Waals surface area contributed by atoms with Crippen LogP contribution in [0.3, 0.4) is 0 Å². The second-order valence-electron chi connectivity index (χ2n) is 3.36. The van der Waals surface area contributed by atoms with E-state index in [0.717, 1.165) is 0 Å². The number of aromatic nitrogens is 2. The average molecular weight is 279 g/mol. The highest BCUT2D eigenvalue weighted by Crippen LogP contribution is 2.28. The van der Waals surface area contributed by atoms with Crippen LogP contribution in [0.1, 0.15) is 12.2 Å². The fourth-order valence-corrected chi connectivity index (χ4v) is 1.13. The van der Waals surface area contributed by atoms with Crippen molar-refractivity contribution < 1.29 is 22.7 Å². The molecule has 0 aliphatic rings. The van der Waals surface area contributed by atoms with E-state index in [-0.39, 0.29) is 24.6 Å². The SMILES string of the molecule is COC(=O)CCNc1cc(NN)nc(C(F)(F)F)n1. The molecule has 1 heterocycles. The van der Waals surface area contributed by atoms with Crippen LogP contribution in [-0.4, -0.2) is 29.6 Å². The van der Waals surface area contributed by atoms with Crippen LogP contribution in [0.25, 0.3) is 0 Å². The lowest BCUT2D eigenvalue weighted by Gasteiger charge is -2.10. The molecule has 19 heavy (non-hydrogen) atoms. The van der Waals surface area contributed by atoms with Gasteiger partial charge in [0.05, 0.1) is 13.5 Å². The van der Waals surface area contributed by atoms with Gasteiger partial charge in [0, 0.05) is 12.6 Å². The first-order valence-electron chi connectivity index (χ1n) is 5.10. The standard InChI is InChI=1S/C9H12F3N5O2/c1-19-7(18)2-3-14-5-4-6(17-13)16-8(15-5)9(10,11)12/h4H,2-3,13H2,1H3,(H2,14,15,16,17). The number of nitrogens with zero attached hydrogens (tertiary/aromatic N) is 2. The Bertz CT molecular complexity index is 452. The fourth-order valence-electron chi connectivity index (χ4n) is 1.13. The highest BCUT2D eigenvalue weighted by Gasteiger charge is 2.35. The van der Waals surface area contributed by atoms with E-state index in [4.69, 9.17) is 5.84 Å². The van der Waals surface area contributed by atoms with Gasteiger partial charge in [-0.15, -0.1) is 0 Å². The molecule has 0 saturated heterocycles. The molecular weight excluding hydrogens is 267 g/mol. The maximum absolute atomic E-state index is 12.5. The number of nitrogens with two attached hydrogens (primary N) is 1. The van der Waals surface area contributed by atoms with Crippen LogP contribution in [0.5, 0.6) is 0 Å². The van der Waals surface area contributed by atoms with Crippen LogP contribution in [0.15, 0.2) is 6.07 Å². The van der Waals surface area contributed by atoms with Gasteiger partial charge in [-0.1, -0.05) is 0 Å². The number of carbonyl (C=O) groups is 1. The molecule has 1 rings (SSSR count). The molecule has 0 spiro atoms. The topological polar surface area (TPSA) is 102 Å². The smallest absolute Gasteiger partial charge is 0.451 e. The summed E-state index contributed by atoms with van der Waals surface area (Å²) in [5.41, 5.74) is 2.01. The number of esters is 1. The zero-order valence-electron chi connectivity index (χ0n) is 9.91. The summed E-state index contributed by atoms with van der Waals surface area (Å²) in [5.74, 6) is 2.91. The van der Waals surface area contributed by atoms with E-state index in [1.807, 2.05) is 5.43 Å². The zero-order chi connectivity index (χ0) is 14.5. The van der Waals surface area contributed by atoms with E-state index in [9.17, 15) is 18.0 Å². The predicted molar refractivity (Wildman–Crippen MR) is 60.0 cm³/mol. The van der Waals surface area contributed by atoms with Crippen molar-refractivity contribution in [1.29, 1.82) is 0 Å². The van der Waals surface area contributed by atoms with Crippen molar-refractivity contribution in [2.45, 2.75) is 12.6 Å². The molecule has 1 aromatic heterocycles. The van der Waals surface area contributed by atoms with Gasteiger partial charge in [0.25, 0.3) is 0 Å². The van der Waals surface area contributed by atoms with Gasteiger partial charge in [0.1, 0.15) is 11.6 Å². The molecule has 106 valence electrons. The number of nitrogen functional groups attached to an aromatic ring is 1. The number of ether oxygens (including phenoxy) is 1. The number of hydrazine groups is 1. The lowest BCUT2D eigenvalue weighted by atomic mass is 10.4. The molecule has 0 saturated carbocycles. The number of halogens is 3. The molecule has 0 unspecified atom stereocenters. The Morgan fingerprint density at radius 1 is 1.42 bits per heavy atom. The molecule has 1 aromatic rings. The predicted octanol–water partition coefficient (Wildman–Crippen LogP) is 0.756. The Labute approximate surface area is 106 Å². The van der Waals surface area contributed by atoms with Crippen LogP contribution in [0.4, 0.5) is 24.8 Å². The fraction of sp³-hybridized carbons (Fsp3) is 0.444. The highest BCUT2D eigenvalue weighted by molar-refractivity contribution is 5.69. The van der Waals surface area contributed by atoms with Gasteiger partial charge in [-0.25, -0.2) is 15.8 Å². The first-order valence-corrected chi connectivity index (χ1v) is 5.10. The third-order valence-electron chi connectivity index (χ3n) is 1.99. The molecule has 0 bridgehead atoms. The van der Waals surface area contributed by atoms with Crippen molar-refractivity contribution in [3.63, 3.8) is 0 Å². The number of nitrogens with one attached hydrogen (secondary N) is 2. The number of methoxy groups -OCH3 is 1. The van der Waals surface area contributed by atoms with Crippen molar-refractivity contribution in [2.75, 3.05) is 24.4 Å². The van der Waals surface area contributed by atoms with E-state index in [1.54, 1.807) is 0 Å². The van der Waals surface area contributed by atoms with Crippen LogP contribution < -0.4 is 16.6 Å². The van der Waals surface area contributed by atoms with Crippen LogP contribution in [0, 0.1) is 0 Å². The lowest BCUT2D eigenvalue weighted by molar-refractivity contribution is -0.145. The summed E-state index contributed by atoms with van der Waals surface area (Å²) >= 11 is 0. The summed E-state index contributed by atoms with van der Waals surface area (Å²) in [6.45, 7) is 0.0744. The van der Waals surface area contributed by atoms with E-state index < -0.39 is 18.0 Å². The van der Waals surface area contributed by atoms with Gasteiger partial charge in [-0.3, -0.25) is 4.79 Å². The van der Waals surface area contributed by atoms with Crippen molar-refractivity contribution in [3.05, 3.63) is 11.9 Å². The largest absolute Gasteiger partial charge is 0.469 e. The van der Waals surface area contributed by atoms with Crippen molar-refractivity contribution >= 4 is 17.6 Å². The Morgan fingerprint density at radius 2 is 2.05 bits per heavy atom. The van der Waals surface area contributed by atoms with Gasteiger partial charge in [-0.05, 0) is 0 Å². The Balaban J connectivity index is 2.80. The maximum Gasteiger partial charge on any atom is 0.451 e. The number of carbonyl (C=O) groups excluding carboxylic acids is 1. The van der Waals surface area contributed by atoms with Gasteiger partial charge in [0.2, 0.25) is 5.82 Å². The summed E-state index contributed by atoms with van der Waals surface area (Å²) in [6, 6.07) is 1.19. The van der Waals surface area contributed by atoms with Gasteiger partial charge < -0.3 is 15.5 Å². The van der Waals surface area contributed by atoms with Crippen molar-refractivity contribution in [2.24, 2.45) is 5.84 Å². The molecule has 4 N–H and O–H groups in total. The second-order valence-corrected chi connectivity index (χ2v) is 3.36. The quantitative estimate of drug-likeness (QED) is 0.415. The Morgan fingerprint density at radius 3 is 2.58 bits per heavy atom. The zero-order valence-corrected chi connectivity index (χ0v) is 9.91. The van der Waals surface area contributed by atoms with Crippen LogP contribution >= 0.6 is 0 Å². The molecular formula is C9H12F3N5O2. The molecule has 0 atom stereocenters. The molecule has 0 aliphatic heterocycles. The summed E-state index contributed by atoms with van der Waals surface area (Å²) in [4.78, 5) is 17.3. The lowest BCUT2D eigenvalue weighted by Crippen LogP contribution is -2.18. The molecule has 7 nitrogen and oxygen atoms in total. The first kappa shape index (κ1) is 15.0. The summed E-state index contributed by atoms with van der Waals surface area (Å²) in [7, 11) is 1.21. The molecule has 0 amide bonds. The molecule has 0 radical (unpaired) electrons. The number of hydrogen-bond acceptors (Lipinski definition) is 7. The van der Waals surface area contributed by atoms with Crippen molar-refractivity contribution in [1.82, 2.24) is 9.97 Å². The minimum Gasteiger partial charge on any atom is -0.469 e. The molecule has 0 aliphatic carbocycles. The molecule has 0 aromatic carbocycles. The van der Waals surface area contributed by atoms with Crippen molar-refractivity contribution in [3.8, 4) is 0 Å². The number of anilines is 2. The first-order chi connectivity index (χ1) is 8.86. The average Bonchev–Trinajstić information content (AvgIpc) is 2.37. The second kappa shape index (κ2) is 6.18. The molecule has 10 heteroatoms.